The molecule has 3 rings (SSSR count). The molecule has 0 aromatic rings. The van der Waals surface area contributed by atoms with Gasteiger partial charge in [-0.2, -0.15) is 0 Å². The molecule has 5 nitrogen and oxygen atoms in total. The Balaban J connectivity index is 1.74. The predicted molar refractivity (Wildman–Crippen MR) is 112 cm³/mol. The van der Waals surface area contributed by atoms with Gasteiger partial charge in [-0.3, -0.25) is 4.79 Å². The van der Waals surface area contributed by atoms with Gasteiger partial charge in [0, 0.05) is 25.9 Å². The summed E-state index contributed by atoms with van der Waals surface area (Å²) in [6, 6.07) is 0. The monoisotopic (exact) mass is 408 g/mol. The molecule has 5 heteroatoms. The van der Waals surface area contributed by atoms with Gasteiger partial charge in [-0.25, -0.2) is 0 Å². The van der Waals surface area contributed by atoms with E-state index in [-0.39, 0.29) is 35.8 Å². The zero-order valence-corrected chi connectivity index (χ0v) is 18.8. The molecule has 2 saturated heterocycles. The highest BCUT2D eigenvalue weighted by molar-refractivity contribution is 5.72. The maximum atomic E-state index is 11.8. The van der Waals surface area contributed by atoms with E-state index in [1.165, 1.54) is 19.3 Å². The Morgan fingerprint density at radius 3 is 2.79 bits per heavy atom. The van der Waals surface area contributed by atoms with Crippen LogP contribution in [-0.4, -0.2) is 38.2 Å². The minimum absolute atomic E-state index is 0.0555. The van der Waals surface area contributed by atoms with Crippen molar-refractivity contribution in [1.29, 1.82) is 0 Å². The molecule has 0 aromatic carbocycles. The van der Waals surface area contributed by atoms with Crippen LogP contribution in [0.3, 0.4) is 0 Å². The Kier molecular flexibility index (Phi) is 8.03. The topological polar surface area (TPSA) is 54.0 Å². The Morgan fingerprint density at radius 1 is 1.28 bits per heavy atom. The number of carbonyl (C=O) groups excluding carboxylic acids is 1. The summed E-state index contributed by atoms with van der Waals surface area (Å²) in [6.45, 7) is 7.65. The van der Waals surface area contributed by atoms with Crippen LogP contribution in [0.25, 0.3) is 0 Å². The number of hydrogen-bond donors (Lipinski definition) is 0. The van der Waals surface area contributed by atoms with Crippen LogP contribution in [0.5, 0.6) is 0 Å². The second-order valence-electron chi connectivity index (χ2n) is 9.83. The molecule has 3 fully saturated rings. The number of unbranched alkanes of at least 4 members (excludes halogenated alkanes) is 1. The second-order valence-corrected chi connectivity index (χ2v) is 9.83. The van der Waals surface area contributed by atoms with Gasteiger partial charge in [0.1, 0.15) is 6.10 Å². The molecule has 0 radical (unpaired) electrons. The van der Waals surface area contributed by atoms with Crippen LogP contribution in [0.4, 0.5) is 0 Å². The van der Waals surface area contributed by atoms with Crippen molar-refractivity contribution in [2.75, 3.05) is 13.7 Å². The van der Waals surface area contributed by atoms with Gasteiger partial charge in [0.15, 0.2) is 6.29 Å². The van der Waals surface area contributed by atoms with Crippen molar-refractivity contribution in [1.82, 2.24) is 0 Å². The lowest BCUT2D eigenvalue weighted by molar-refractivity contribution is -0.143. The largest absolute Gasteiger partial charge is 0.470 e. The van der Waals surface area contributed by atoms with Gasteiger partial charge in [0.05, 0.1) is 24.9 Å². The van der Waals surface area contributed by atoms with Crippen LogP contribution in [0.2, 0.25) is 0 Å². The zero-order chi connectivity index (χ0) is 20.9. The Morgan fingerprint density at radius 2 is 2.10 bits per heavy atom. The van der Waals surface area contributed by atoms with Gasteiger partial charge in [-0.1, -0.05) is 33.6 Å². The molecule has 5 atom stereocenters. The molecule has 29 heavy (non-hydrogen) atoms. The molecule has 0 spiro atoms. The third-order valence-corrected chi connectivity index (χ3v) is 6.82. The number of methoxy groups -OCH3 is 1. The summed E-state index contributed by atoms with van der Waals surface area (Å²) in [7, 11) is 1.77. The van der Waals surface area contributed by atoms with Crippen molar-refractivity contribution in [2.45, 2.75) is 103 Å². The van der Waals surface area contributed by atoms with Crippen LogP contribution in [-0.2, 0) is 23.7 Å². The minimum atomic E-state index is -0.151. The van der Waals surface area contributed by atoms with Crippen LogP contribution in [0, 0.1) is 17.3 Å². The number of allylic oxidation sites excluding steroid dienone is 1. The SMILES string of the molecule is CCCCC(C)(C)CC(=CC(OC)C1CCC2OC(=O)CC21)OC1CCCCO1. The average molecular weight is 409 g/mol. The third kappa shape index (κ3) is 6.21. The fraction of sp³-hybridized carbons (Fsp3) is 0.875. The van der Waals surface area contributed by atoms with Crippen LogP contribution < -0.4 is 0 Å². The molecule has 0 N–H and O–H groups in total. The quantitative estimate of drug-likeness (QED) is 0.359. The molecule has 3 aliphatic rings. The van der Waals surface area contributed by atoms with Gasteiger partial charge in [-0.15, -0.1) is 0 Å². The van der Waals surface area contributed by atoms with Gasteiger partial charge < -0.3 is 18.9 Å². The van der Waals surface area contributed by atoms with E-state index in [1.54, 1.807) is 7.11 Å². The molecule has 0 amide bonds. The number of ether oxygens (including phenoxy) is 4. The minimum Gasteiger partial charge on any atom is -0.470 e. The van der Waals surface area contributed by atoms with E-state index in [4.69, 9.17) is 18.9 Å². The molecule has 166 valence electrons. The lowest BCUT2D eigenvalue weighted by Gasteiger charge is -2.31. The first-order valence-corrected chi connectivity index (χ1v) is 11.6. The first-order valence-electron chi connectivity index (χ1n) is 11.6. The van der Waals surface area contributed by atoms with Gasteiger partial charge in [0.2, 0.25) is 0 Å². The number of fused-ring (bicyclic) bond motifs is 1. The maximum absolute atomic E-state index is 11.8. The molecule has 0 aromatic heterocycles. The highest BCUT2D eigenvalue weighted by atomic mass is 16.7. The van der Waals surface area contributed by atoms with E-state index in [2.05, 4.69) is 26.8 Å². The fourth-order valence-corrected chi connectivity index (χ4v) is 5.18. The summed E-state index contributed by atoms with van der Waals surface area (Å²) in [5, 5.41) is 0. The van der Waals surface area contributed by atoms with E-state index in [9.17, 15) is 4.79 Å². The molecule has 1 aliphatic carbocycles. The summed E-state index contributed by atoms with van der Waals surface area (Å²) in [4.78, 5) is 11.8. The fourth-order valence-electron chi connectivity index (χ4n) is 5.18. The average Bonchev–Trinajstić information content (AvgIpc) is 3.24. The molecule has 5 unspecified atom stereocenters. The number of rotatable bonds is 10. The smallest absolute Gasteiger partial charge is 0.306 e. The number of carbonyl (C=O) groups is 1. The van der Waals surface area contributed by atoms with E-state index in [1.807, 2.05) is 0 Å². The molecular weight excluding hydrogens is 368 g/mol. The van der Waals surface area contributed by atoms with Crippen molar-refractivity contribution < 1.29 is 23.7 Å². The van der Waals surface area contributed by atoms with Gasteiger partial charge in [0.25, 0.3) is 0 Å². The Bertz CT molecular complexity index is 564. The number of hydrogen-bond acceptors (Lipinski definition) is 5. The Hall–Kier alpha value is -1.07. The second kappa shape index (κ2) is 10.3. The molecule has 1 saturated carbocycles. The standard InChI is InChI=1S/C24H40O5/c1-5-6-12-24(2,3)16-17(28-23-9-7-8-13-27-23)14-21(26-4)18-10-11-20-19(18)15-22(25)29-20/h14,18-21,23H,5-13,15-16H2,1-4H3. The highest BCUT2D eigenvalue weighted by Gasteiger charge is 2.47. The van der Waals surface area contributed by atoms with Crippen molar-refractivity contribution in [3.63, 3.8) is 0 Å². The Labute approximate surface area is 176 Å². The molecular formula is C24H40O5. The molecule has 0 bridgehead atoms. The van der Waals surface area contributed by atoms with Gasteiger partial charge in [-0.05, 0) is 49.5 Å². The van der Waals surface area contributed by atoms with Crippen LogP contribution in [0.1, 0.15) is 85.0 Å². The van der Waals surface area contributed by atoms with E-state index in [0.29, 0.717) is 12.3 Å². The first-order chi connectivity index (χ1) is 13.9. The summed E-state index contributed by atoms with van der Waals surface area (Å²) >= 11 is 0. The van der Waals surface area contributed by atoms with Crippen LogP contribution >= 0.6 is 0 Å². The number of esters is 1. The summed E-state index contributed by atoms with van der Waals surface area (Å²) in [5.41, 5.74) is 0.166. The van der Waals surface area contributed by atoms with E-state index >= 15 is 0 Å². The van der Waals surface area contributed by atoms with Gasteiger partial charge >= 0.3 is 5.97 Å². The van der Waals surface area contributed by atoms with Crippen molar-refractivity contribution in [3.8, 4) is 0 Å². The normalized spacial score (nSPS) is 31.4. The summed E-state index contributed by atoms with van der Waals surface area (Å²) in [6.07, 6.45) is 12.2. The van der Waals surface area contributed by atoms with E-state index < -0.39 is 0 Å². The molecule has 2 heterocycles. The summed E-state index contributed by atoms with van der Waals surface area (Å²) < 4.78 is 23.7. The lowest BCUT2D eigenvalue weighted by atomic mass is 9.82. The predicted octanol–water partition coefficient (Wildman–Crippen LogP) is 5.38. The first kappa shape index (κ1) is 22.6. The zero-order valence-electron chi connectivity index (χ0n) is 18.8. The van der Waals surface area contributed by atoms with Crippen LogP contribution in [0.15, 0.2) is 11.8 Å². The highest BCUT2D eigenvalue weighted by Crippen LogP contribution is 2.44. The van der Waals surface area contributed by atoms with Crippen molar-refractivity contribution in [2.24, 2.45) is 17.3 Å². The summed E-state index contributed by atoms with van der Waals surface area (Å²) in [5.74, 6) is 1.50. The lowest BCUT2D eigenvalue weighted by Crippen LogP contribution is -2.29. The van der Waals surface area contributed by atoms with Crippen molar-refractivity contribution >= 4 is 5.97 Å². The third-order valence-electron chi connectivity index (χ3n) is 6.82. The van der Waals surface area contributed by atoms with E-state index in [0.717, 1.165) is 50.9 Å². The maximum Gasteiger partial charge on any atom is 0.306 e. The molecule has 2 aliphatic heterocycles. The van der Waals surface area contributed by atoms with Crippen molar-refractivity contribution in [3.05, 3.63) is 11.8 Å².